The van der Waals surface area contributed by atoms with E-state index in [2.05, 4.69) is 13.8 Å². The van der Waals surface area contributed by atoms with E-state index in [1.165, 1.54) is 89.9 Å². The molecule has 0 saturated carbocycles. The number of carbonyl (C=O) groups excluding carboxylic acids is 4. The second-order valence-electron chi connectivity index (χ2n) is 9.84. The molecular formula is C30H54O8Zn. The molecule has 0 unspecified atom stereocenters. The fourth-order valence-electron chi connectivity index (χ4n) is 3.75. The van der Waals surface area contributed by atoms with Gasteiger partial charge in [0.2, 0.25) is 0 Å². The number of carboxylic acids is 2. The number of unbranched alkanes of at least 4 members (excludes halogenated alkanes) is 16. The van der Waals surface area contributed by atoms with E-state index in [0.29, 0.717) is 13.2 Å². The van der Waals surface area contributed by atoms with Crippen LogP contribution in [0.2, 0.25) is 0 Å². The Morgan fingerprint density at radius 1 is 0.436 bits per heavy atom. The summed E-state index contributed by atoms with van der Waals surface area (Å²) in [6.45, 7) is 5.24. The summed E-state index contributed by atoms with van der Waals surface area (Å²) in [6, 6.07) is 0. The summed E-state index contributed by atoms with van der Waals surface area (Å²) in [7, 11) is 0. The third-order valence-corrected chi connectivity index (χ3v) is 6.09. The van der Waals surface area contributed by atoms with Gasteiger partial charge in [0.1, 0.15) is 0 Å². The SMILES string of the molecule is CCCCCCCCCCCOC(=O)CCC(=O)[O-].CCCCCCCCCCCOC(=O)CCC(=O)[O-].[Zn+2]. The number of hydrogen-bond acceptors (Lipinski definition) is 8. The van der Waals surface area contributed by atoms with Crippen molar-refractivity contribution in [3.63, 3.8) is 0 Å². The predicted octanol–water partition coefficient (Wildman–Crippen LogP) is 5.18. The molecule has 0 aliphatic rings. The van der Waals surface area contributed by atoms with Gasteiger partial charge in [-0.15, -0.1) is 0 Å². The molecule has 0 amide bonds. The van der Waals surface area contributed by atoms with E-state index >= 15 is 0 Å². The van der Waals surface area contributed by atoms with Crippen molar-refractivity contribution in [2.75, 3.05) is 13.2 Å². The molecular weight excluding hydrogens is 554 g/mol. The van der Waals surface area contributed by atoms with Crippen molar-refractivity contribution >= 4 is 23.9 Å². The molecule has 0 aromatic rings. The first kappa shape index (κ1) is 42.0. The number of carboxylic acid groups (broad SMARTS) is 2. The Balaban J connectivity index is -0.000000648. The van der Waals surface area contributed by atoms with Crippen LogP contribution < -0.4 is 10.2 Å². The van der Waals surface area contributed by atoms with Crippen LogP contribution in [-0.4, -0.2) is 37.1 Å². The van der Waals surface area contributed by atoms with Crippen molar-refractivity contribution in [1.82, 2.24) is 0 Å². The van der Waals surface area contributed by atoms with E-state index in [9.17, 15) is 29.4 Å². The van der Waals surface area contributed by atoms with E-state index in [1.54, 1.807) is 0 Å². The second-order valence-corrected chi connectivity index (χ2v) is 9.84. The molecule has 0 fully saturated rings. The zero-order valence-electron chi connectivity index (χ0n) is 24.9. The molecule has 0 rings (SSSR count). The van der Waals surface area contributed by atoms with Gasteiger partial charge in [-0.3, -0.25) is 9.59 Å². The van der Waals surface area contributed by atoms with Gasteiger partial charge in [-0.05, 0) is 25.7 Å². The van der Waals surface area contributed by atoms with Crippen LogP contribution in [0.4, 0.5) is 0 Å². The Morgan fingerprint density at radius 2 is 0.692 bits per heavy atom. The summed E-state index contributed by atoms with van der Waals surface area (Å²) in [5.41, 5.74) is 0. The maximum absolute atomic E-state index is 11.1. The molecule has 0 atom stereocenters. The molecule has 0 radical (unpaired) electrons. The van der Waals surface area contributed by atoms with Crippen molar-refractivity contribution in [3.8, 4) is 0 Å². The van der Waals surface area contributed by atoms with Crippen LogP contribution >= 0.6 is 0 Å². The molecule has 224 valence electrons. The van der Waals surface area contributed by atoms with Gasteiger partial charge in [0.05, 0.1) is 26.1 Å². The fourth-order valence-corrected chi connectivity index (χ4v) is 3.75. The van der Waals surface area contributed by atoms with E-state index < -0.39 is 23.9 Å². The van der Waals surface area contributed by atoms with Crippen LogP contribution in [0.3, 0.4) is 0 Å². The molecule has 0 aliphatic heterocycles. The number of hydrogen-bond donors (Lipinski definition) is 0. The van der Waals surface area contributed by atoms with Gasteiger partial charge in [-0.1, -0.05) is 117 Å². The average molecular weight is 608 g/mol. The van der Waals surface area contributed by atoms with Crippen LogP contribution in [0.5, 0.6) is 0 Å². The van der Waals surface area contributed by atoms with Gasteiger partial charge in [-0.25, -0.2) is 0 Å². The number of esters is 2. The molecule has 39 heavy (non-hydrogen) atoms. The zero-order chi connectivity index (χ0) is 28.7. The standard InChI is InChI=1S/2C15H28O4.Zn/c2*1-2-3-4-5-6-7-8-9-10-13-19-15(18)12-11-14(16)17;/h2*2-13H2,1H3,(H,16,17);/q;;+2/p-2. The Kier molecular flexibility index (Phi) is 37.2. The molecule has 9 heteroatoms. The molecule has 0 saturated heterocycles. The van der Waals surface area contributed by atoms with Gasteiger partial charge in [-0.2, -0.15) is 0 Å². The molecule has 0 spiro atoms. The van der Waals surface area contributed by atoms with Crippen molar-refractivity contribution in [1.29, 1.82) is 0 Å². The van der Waals surface area contributed by atoms with Crippen LogP contribution in [0, 0.1) is 0 Å². The quantitative estimate of drug-likeness (QED) is 0.0746. The maximum Gasteiger partial charge on any atom is 2.00 e. The van der Waals surface area contributed by atoms with Crippen molar-refractivity contribution in [2.45, 2.75) is 155 Å². The van der Waals surface area contributed by atoms with E-state index in [1.807, 2.05) is 0 Å². The normalized spacial score (nSPS) is 10.1. The summed E-state index contributed by atoms with van der Waals surface area (Å²) in [5, 5.41) is 20.3. The smallest absolute Gasteiger partial charge is 0.550 e. The predicted molar refractivity (Wildman–Crippen MR) is 145 cm³/mol. The molecule has 0 aromatic carbocycles. The van der Waals surface area contributed by atoms with Gasteiger partial charge < -0.3 is 29.3 Å². The van der Waals surface area contributed by atoms with E-state index in [-0.39, 0.29) is 45.2 Å². The van der Waals surface area contributed by atoms with E-state index in [4.69, 9.17) is 9.47 Å². The Morgan fingerprint density at radius 3 is 0.949 bits per heavy atom. The van der Waals surface area contributed by atoms with Crippen LogP contribution in [0.15, 0.2) is 0 Å². The van der Waals surface area contributed by atoms with Crippen LogP contribution in [0.1, 0.15) is 155 Å². The number of aliphatic carboxylic acids is 2. The molecule has 0 aliphatic carbocycles. The number of rotatable bonds is 26. The largest absolute Gasteiger partial charge is 2.00 e. The minimum absolute atomic E-state index is 0. The minimum atomic E-state index is -1.21. The molecule has 0 bridgehead atoms. The summed E-state index contributed by atoms with van der Waals surface area (Å²) in [6.07, 6.45) is 21.2. The Hall–Kier alpha value is -1.50. The van der Waals surface area contributed by atoms with Gasteiger partial charge in [0.25, 0.3) is 0 Å². The molecule has 0 aromatic heterocycles. The molecule has 0 N–H and O–H groups in total. The Bertz CT molecular complexity index is 533. The molecule has 8 nitrogen and oxygen atoms in total. The van der Waals surface area contributed by atoms with Crippen LogP contribution in [0.25, 0.3) is 0 Å². The first-order valence-electron chi connectivity index (χ1n) is 15.0. The zero-order valence-corrected chi connectivity index (χ0v) is 27.9. The van der Waals surface area contributed by atoms with Crippen molar-refractivity contribution in [3.05, 3.63) is 0 Å². The second kappa shape index (κ2) is 34.5. The number of ether oxygens (including phenoxy) is 2. The Labute approximate surface area is 250 Å². The van der Waals surface area contributed by atoms with Crippen LogP contribution in [-0.2, 0) is 48.1 Å². The minimum Gasteiger partial charge on any atom is -0.550 e. The third-order valence-electron chi connectivity index (χ3n) is 6.09. The van der Waals surface area contributed by atoms with Gasteiger partial charge in [0.15, 0.2) is 0 Å². The monoisotopic (exact) mass is 606 g/mol. The summed E-state index contributed by atoms with van der Waals surface area (Å²) in [5.74, 6) is -3.30. The first-order valence-corrected chi connectivity index (χ1v) is 15.0. The summed E-state index contributed by atoms with van der Waals surface area (Å²) in [4.78, 5) is 42.4. The maximum atomic E-state index is 11.1. The number of carbonyl (C=O) groups is 4. The van der Waals surface area contributed by atoms with E-state index in [0.717, 1.165) is 25.7 Å². The first-order chi connectivity index (χ1) is 18.3. The molecule has 0 heterocycles. The summed E-state index contributed by atoms with van der Waals surface area (Å²) < 4.78 is 9.84. The van der Waals surface area contributed by atoms with Crippen molar-refractivity contribution < 1.29 is 58.3 Å². The van der Waals surface area contributed by atoms with Gasteiger partial charge >= 0.3 is 31.4 Å². The topological polar surface area (TPSA) is 133 Å². The van der Waals surface area contributed by atoms with Gasteiger partial charge in [0, 0.05) is 11.9 Å². The van der Waals surface area contributed by atoms with Crippen molar-refractivity contribution in [2.24, 2.45) is 0 Å². The third kappa shape index (κ3) is 41.1. The fraction of sp³-hybridized carbons (Fsp3) is 0.867. The average Bonchev–Trinajstić information content (AvgIpc) is 2.88. The summed E-state index contributed by atoms with van der Waals surface area (Å²) >= 11 is 0.